The highest BCUT2D eigenvalue weighted by Gasteiger charge is 2.10. The fourth-order valence-electron chi connectivity index (χ4n) is 2.88. The van der Waals surface area contributed by atoms with Crippen LogP contribution in [0.5, 0.6) is 0 Å². The Morgan fingerprint density at radius 3 is 2.85 bits per heavy atom. The molecule has 0 aliphatic heterocycles. The number of nitrogens with zero attached hydrogens (tertiary/aromatic N) is 4. The maximum atomic E-state index is 5.63. The van der Waals surface area contributed by atoms with Crippen molar-refractivity contribution in [2.45, 2.75) is 26.4 Å². The van der Waals surface area contributed by atoms with E-state index < -0.39 is 0 Å². The summed E-state index contributed by atoms with van der Waals surface area (Å²) in [5.74, 6) is 0.870. The minimum absolute atomic E-state index is 0.864. The van der Waals surface area contributed by atoms with Crippen LogP contribution >= 0.6 is 11.3 Å². The zero-order chi connectivity index (χ0) is 17.8. The lowest BCUT2D eigenvalue weighted by Crippen LogP contribution is -2.17. The smallest absolute Gasteiger partial charge is 0.190 e. The summed E-state index contributed by atoms with van der Waals surface area (Å²) >= 11 is 1.64. The van der Waals surface area contributed by atoms with E-state index in [1.165, 1.54) is 5.56 Å². The summed E-state index contributed by atoms with van der Waals surface area (Å²) in [5.41, 5.74) is 3.24. The number of aryl methyl sites for hydroxylation is 2. The Kier molecular flexibility index (Phi) is 4.84. The van der Waals surface area contributed by atoms with Crippen molar-refractivity contribution < 1.29 is 4.42 Å². The number of para-hydroxylation sites is 1. The predicted octanol–water partition coefficient (Wildman–Crippen LogP) is 4.64. The molecule has 0 saturated carbocycles. The second kappa shape index (κ2) is 7.58. The van der Waals surface area contributed by atoms with E-state index in [-0.39, 0.29) is 0 Å². The standard InChI is InChI=1S/C20H20N4OS/c1-16-6-2-3-7-17(16)22-20-24(11-5-10-23-12-9-21-15-23)18(14-26-20)19-8-4-13-25-19/h2-4,6-9,12-15H,5,10-11H2,1H3. The summed E-state index contributed by atoms with van der Waals surface area (Å²) in [7, 11) is 0. The molecule has 4 rings (SSSR count). The molecule has 132 valence electrons. The maximum absolute atomic E-state index is 5.63. The topological polar surface area (TPSA) is 48.2 Å². The molecule has 3 heterocycles. The van der Waals surface area contributed by atoms with Crippen LogP contribution < -0.4 is 4.80 Å². The molecule has 6 heteroatoms. The third-order valence-corrected chi connectivity index (χ3v) is 5.12. The molecule has 0 spiro atoms. The van der Waals surface area contributed by atoms with Gasteiger partial charge in [0.25, 0.3) is 0 Å². The SMILES string of the molecule is Cc1ccccc1N=c1scc(-c2ccco2)n1CCCn1ccnc1. The lowest BCUT2D eigenvalue weighted by atomic mass is 10.2. The van der Waals surface area contributed by atoms with Crippen molar-refractivity contribution in [2.24, 2.45) is 4.99 Å². The number of furan rings is 1. The van der Waals surface area contributed by atoms with Gasteiger partial charge >= 0.3 is 0 Å². The molecule has 4 aromatic rings. The van der Waals surface area contributed by atoms with Crippen LogP contribution in [0.1, 0.15) is 12.0 Å². The van der Waals surface area contributed by atoms with Gasteiger partial charge in [0.1, 0.15) is 0 Å². The first kappa shape index (κ1) is 16.6. The quantitative estimate of drug-likeness (QED) is 0.500. The third-order valence-electron chi connectivity index (χ3n) is 4.26. The van der Waals surface area contributed by atoms with Crippen LogP contribution in [0.4, 0.5) is 5.69 Å². The number of imidazole rings is 1. The second-order valence-electron chi connectivity index (χ2n) is 6.08. The van der Waals surface area contributed by atoms with E-state index in [0.29, 0.717) is 0 Å². The van der Waals surface area contributed by atoms with Gasteiger partial charge in [0, 0.05) is 30.9 Å². The molecule has 0 atom stereocenters. The van der Waals surface area contributed by atoms with Gasteiger partial charge in [-0.15, -0.1) is 11.3 Å². The molecule has 0 saturated heterocycles. The minimum atomic E-state index is 0.864. The zero-order valence-corrected chi connectivity index (χ0v) is 15.4. The van der Waals surface area contributed by atoms with E-state index in [1.807, 2.05) is 43.0 Å². The lowest BCUT2D eigenvalue weighted by molar-refractivity contribution is 0.541. The number of rotatable bonds is 6. The summed E-state index contributed by atoms with van der Waals surface area (Å²) in [5, 5.41) is 2.12. The normalized spacial score (nSPS) is 12.0. The summed E-state index contributed by atoms with van der Waals surface area (Å²) < 4.78 is 9.97. The van der Waals surface area contributed by atoms with Crippen molar-refractivity contribution in [3.63, 3.8) is 0 Å². The van der Waals surface area contributed by atoms with Gasteiger partial charge in [0.2, 0.25) is 0 Å². The molecule has 0 radical (unpaired) electrons. The Hall–Kier alpha value is -2.86. The number of hydrogen-bond acceptors (Lipinski definition) is 4. The van der Waals surface area contributed by atoms with Crippen LogP contribution in [0.2, 0.25) is 0 Å². The first-order chi connectivity index (χ1) is 12.8. The average Bonchev–Trinajstić information content (AvgIpc) is 3.39. The fraction of sp³-hybridized carbons (Fsp3) is 0.200. The van der Waals surface area contributed by atoms with Gasteiger partial charge in [-0.3, -0.25) is 0 Å². The molecular formula is C20H20N4OS. The Morgan fingerprint density at radius 1 is 1.15 bits per heavy atom. The first-order valence-electron chi connectivity index (χ1n) is 8.59. The van der Waals surface area contributed by atoms with Crippen LogP contribution in [0, 0.1) is 6.92 Å². The summed E-state index contributed by atoms with van der Waals surface area (Å²) in [6.45, 7) is 3.87. The van der Waals surface area contributed by atoms with Gasteiger partial charge in [-0.2, -0.15) is 0 Å². The van der Waals surface area contributed by atoms with Gasteiger partial charge < -0.3 is 13.6 Å². The molecule has 0 N–H and O–H groups in total. The number of hydrogen-bond donors (Lipinski definition) is 0. The number of aromatic nitrogens is 3. The Morgan fingerprint density at radius 2 is 2.08 bits per heavy atom. The lowest BCUT2D eigenvalue weighted by Gasteiger charge is -2.08. The number of benzene rings is 1. The van der Waals surface area contributed by atoms with Crippen LogP contribution in [-0.2, 0) is 13.1 Å². The van der Waals surface area contributed by atoms with E-state index >= 15 is 0 Å². The van der Waals surface area contributed by atoms with Gasteiger partial charge in [-0.1, -0.05) is 18.2 Å². The van der Waals surface area contributed by atoms with Crippen molar-refractivity contribution in [3.8, 4) is 11.5 Å². The fourth-order valence-corrected chi connectivity index (χ4v) is 3.81. The first-order valence-corrected chi connectivity index (χ1v) is 9.47. The monoisotopic (exact) mass is 364 g/mol. The van der Waals surface area contributed by atoms with Crippen LogP contribution in [0.3, 0.4) is 0 Å². The van der Waals surface area contributed by atoms with Crippen molar-refractivity contribution in [1.29, 1.82) is 0 Å². The molecule has 0 aliphatic rings. The van der Waals surface area contributed by atoms with Gasteiger partial charge in [0.05, 0.1) is 24.0 Å². The number of thiazole rings is 1. The zero-order valence-electron chi connectivity index (χ0n) is 14.6. The average molecular weight is 364 g/mol. The van der Waals surface area contributed by atoms with E-state index in [9.17, 15) is 0 Å². The molecule has 0 amide bonds. The highest BCUT2D eigenvalue weighted by molar-refractivity contribution is 7.07. The molecule has 0 fully saturated rings. The summed E-state index contributed by atoms with van der Waals surface area (Å²) in [6, 6.07) is 12.1. The Labute approximate surface area is 155 Å². The molecule has 0 aliphatic carbocycles. The molecule has 0 bridgehead atoms. The highest BCUT2D eigenvalue weighted by Crippen LogP contribution is 2.22. The largest absolute Gasteiger partial charge is 0.463 e. The molecule has 0 unspecified atom stereocenters. The van der Waals surface area contributed by atoms with E-state index in [0.717, 1.165) is 41.5 Å². The maximum Gasteiger partial charge on any atom is 0.190 e. The highest BCUT2D eigenvalue weighted by atomic mass is 32.1. The second-order valence-corrected chi connectivity index (χ2v) is 6.92. The summed E-state index contributed by atoms with van der Waals surface area (Å²) in [4.78, 5) is 9.99. The van der Waals surface area contributed by atoms with Crippen molar-refractivity contribution in [3.05, 3.63) is 77.1 Å². The van der Waals surface area contributed by atoms with Crippen molar-refractivity contribution >= 4 is 17.0 Å². The van der Waals surface area contributed by atoms with Gasteiger partial charge in [-0.25, -0.2) is 9.98 Å². The minimum Gasteiger partial charge on any atom is -0.463 e. The molecule has 26 heavy (non-hydrogen) atoms. The van der Waals surface area contributed by atoms with E-state index in [4.69, 9.17) is 9.41 Å². The Bertz CT molecular complexity index is 1030. The molecule has 1 aromatic carbocycles. The summed E-state index contributed by atoms with van der Waals surface area (Å²) in [6.07, 6.45) is 8.35. The van der Waals surface area contributed by atoms with E-state index in [1.54, 1.807) is 17.6 Å². The van der Waals surface area contributed by atoms with Crippen LogP contribution in [-0.4, -0.2) is 14.1 Å². The molecular weight excluding hydrogens is 344 g/mol. The Balaban J connectivity index is 1.68. The van der Waals surface area contributed by atoms with E-state index in [2.05, 4.69) is 38.6 Å². The van der Waals surface area contributed by atoms with Crippen molar-refractivity contribution in [2.75, 3.05) is 0 Å². The molecule has 3 aromatic heterocycles. The van der Waals surface area contributed by atoms with Gasteiger partial charge in [-0.05, 0) is 37.1 Å². The van der Waals surface area contributed by atoms with Crippen LogP contribution in [0.25, 0.3) is 11.5 Å². The third kappa shape index (κ3) is 3.55. The predicted molar refractivity (Wildman–Crippen MR) is 103 cm³/mol. The van der Waals surface area contributed by atoms with Gasteiger partial charge in [0.15, 0.2) is 10.6 Å². The van der Waals surface area contributed by atoms with Crippen LogP contribution in [0.15, 0.2) is 76.2 Å². The van der Waals surface area contributed by atoms with Crippen molar-refractivity contribution in [1.82, 2.24) is 14.1 Å². The molecule has 5 nitrogen and oxygen atoms in total.